The summed E-state index contributed by atoms with van der Waals surface area (Å²) in [4.78, 5) is 11.4. The Bertz CT molecular complexity index is 999. The highest BCUT2D eigenvalue weighted by Crippen LogP contribution is 2.19. The normalized spacial score (nSPS) is 13.9. The molecule has 0 bridgehead atoms. The zero-order valence-electron chi connectivity index (χ0n) is 18.1. The molecule has 0 aliphatic carbocycles. The summed E-state index contributed by atoms with van der Waals surface area (Å²) in [5, 5.41) is 6.71. The molecule has 0 amide bonds. The minimum absolute atomic E-state index is 0. The van der Waals surface area contributed by atoms with Crippen LogP contribution in [-0.2, 0) is 19.5 Å². The van der Waals surface area contributed by atoms with Crippen molar-refractivity contribution in [2.24, 2.45) is 4.99 Å². The Morgan fingerprint density at radius 2 is 1.87 bits per heavy atom. The maximum absolute atomic E-state index is 5.63. The van der Waals surface area contributed by atoms with Gasteiger partial charge >= 0.3 is 0 Å². The number of fused-ring (bicyclic) bond motifs is 1. The van der Waals surface area contributed by atoms with E-state index in [0.717, 1.165) is 49.8 Å². The van der Waals surface area contributed by atoms with Crippen LogP contribution in [0.4, 0.5) is 0 Å². The second kappa shape index (κ2) is 11.3. The smallest absolute Gasteiger partial charge is 0.226 e. The van der Waals surface area contributed by atoms with Gasteiger partial charge in [0.1, 0.15) is 6.26 Å². The number of hydrogen-bond donors (Lipinski definition) is 2. The van der Waals surface area contributed by atoms with Gasteiger partial charge in [0.25, 0.3) is 0 Å². The predicted molar refractivity (Wildman–Crippen MR) is 136 cm³/mol. The topological polar surface area (TPSA) is 65.7 Å². The maximum atomic E-state index is 5.63. The molecule has 2 heterocycles. The monoisotopic (exact) mass is 531 g/mol. The highest BCUT2D eigenvalue weighted by atomic mass is 127. The number of oxazole rings is 1. The van der Waals surface area contributed by atoms with Gasteiger partial charge in [-0.25, -0.2) is 4.98 Å². The van der Waals surface area contributed by atoms with Gasteiger partial charge in [-0.05, 0) is 36.6 Å². The van der Waals surface area contributed by atoms with Gasteiger partial charge in [-0.1, -0.05) is 42.0 Å². The number of guanidine groups is 1. The van der Waals surface area contributed by atoms with Crippen molar-refractivity contribution in [2.75, 3.05) is 26.7 Å². The average Bonchev–Trinajstić information content (AvgIpc) is 3.25. The Morgan fingerprint density at radius 1 is 1.10 bits per heavy atom. The minimum Gasteiger partial charge on any atom is -0.444 e. The molecule has 0 saturated heterocycles. The van der Waals surface area contributed by atoms with Crippen LogP contribution in [-0.4, -0.2) is 42.5 Å². The summed E-state index contributed by atoms with van der Waals surface area (Å²) >= 11 is 0. The first kappa shape index (κ1) is 23.3. The minimum atomic E-state index is 0. The van der Waals surface area contributed by atoms with E-state index in [0.29, 0.717) is 12.4 Å². The van der Waals surface area contributed by atoms with Crippen molar-refractivity contribution >= 4 is 29.9 Å². The molecular formula is C24H30IN5O. The summed E-state index contributed by atoms with van der Waals surface area (Å²) in [5.74, 6) is 1.41. The lowest BCUT2D eigenvalue weighted by Crippen LogP contribution is -2.42. The molecule has 1 aromatic heterocycles. The van der Waals surface area contributed by atoms with Crippen LogP contribution >= 0.6 is 24.0 Å². The largest absolute Gasteiger partial charge is 0.444 e. The van der Waals surface area contributed by atoms with Gasteiger partial charge in [0.05, 0.1) is 12.2 Å². The van der Waals surface area contributed by atoms with Crippen molar-refractivity contribution in [3.05, 3.63) is 77.2 Å². The molecule has 0 unspecified atom stereocenters. The van der Waals surface area contributed by atoms with Crippen molar-refractivity contribution in [2.45, 2.75) is 26.4 Å². The Kier molecular flexibility index (Phi) is 8.48. The number of rotatable bonds is 6. The third-order valence-electron chi connectivity index (χ3n) is 5.44. The number of benzene rings is 2. The van der Waals surface area contributed by atoms with Crippen molar-refractivity contribution in [1.29, 1.82) is 0 Å². The highest BCUT2D eigenvalue weighted by Gasteiger charge is 2.15. The fraction of sp³-hybridized carbons (Fsp3) is 0.333. The van der Waals surface area contributed by atoms with Crippen LogP contribution in [0.15, 0.2) is 64.2 Å². The van der Waals surface area contributed by atoms with Gasteiger partial charge in [-0.2, -0.15) is 0 Å². The lowest BCUT2D eigenvalue weighted by Gasteiger charge is -2.28. The molecule has 2 aromatic carbocycles. The first-order chi connectivity index (χ1) is 14.7. The molecule has 1 aliphatic heterocycles. The second-order valence-electron chi connectivity index (χ2n) is 7.66. The van der Waals surface area contributed by atoms with E-state index < -0.39 is 0 Å². The van der Waals surface area contributed by atoms with Crippen LogP contribution in [0.25, 0.3) is 11.5 Å². The number of aromatic nitrogens is 1. The quantitative estimate of drug-likeness (QED) is 0.286. The first-order valence-electron chi connectivity index (χ1n) is 10.5. The van der Waals surface area contributed by atoms with Gasteiger partial charge in [-0.3, -0.25) is 9.89 Å². The number of nitrogens with one attached hydrogen (secondary N) is 2. The molecule has 0 atom stereocenters. The fourth-order valence-electron chi connectivity index (χ4n) is 3.69. The number of nitrogens with zero attached hydrogens (tertiary/aromatic N) is 3. The van der Waals surface area contributed by atoms with Crippen LogP contribution in [0.5, 0.6) is 0 Å². The van der Waals surface area contributed by atoms with Crippen molar-refractivity contribution < 1.29 is 4.42 Å². The van der Waals surface area contributed by atoms with Gasteiger partial charge in [-0.15, -0.1) is 24.0 Å². The molecule has 164 valence electrons. The van der Waals surface area contributed by atoms with Crippen molar-refractivity contribution in [3.8, 4) is 11.5 Å². The molecule has 6 nitrogen and oxygen atoms in total. The molecule has 3 aromatic rings. The van der Waals surface area contributed by atoms with Crippen LogP contribution in [0.3, 0.4) is 0 Å². The molecule has 1 aliphatic rings. The van der Waals surface area contributed by atoms with E-state index in [1.807, 2.05) is 12.1 Å². The third-order valence-corrected chi connectivity index (χ3v) is 5.44. The van der Waals surface area contributed by atoms with Crippen LogP contribution in [0.1, 0.15) is 22.4 Å². The lowest BCUT2D eigenvalue weighted by molar-refractivity contribution is 0.258. The van der Waals surface area contributed by atoms with Crippen molar-refractivity contribution in [1.82, 2.24) is 20.5 Å². The van der Waals surface area contributed by atoms with Gasteiger partial charge in [0, 0.05) is 38.8 Å². The van der Waals surface area contributed by atoms with E-state index in [4.69, 9.17) is 4.42 Å². The van der Waals surface area contributed by atoms with Crippen LogP contribution in [0.2, 0.25) is 0 Å². The van der Waals surface area contributed by atoms with Crippen molar-refractivity contribution in [3.63, 3.8) is 0 Å². The summed E-state index contributed by atoms with van der Waals surface area (Å²) in [6, 6.07) is 16.9. The average molecular weight is 531 g/mol. The predicted octanol–water partition coefficient (Wildman–Crippen LogP) is 3.99. The number of hydrogen-bond acceptors (Lipinski definition) is 4. The lowest BCUT2D eigenvalue weighted by atomic mass is 10.00. The zero-order valence-corrected chi connectivity index (χ0v) is 20.4. The molecule has 0 fully saturated rings. The molecule has 0 spiro atoms. The van der Waals surface area contributed by atoms with E-state index in [1.54, 1.807) is 13.3 Å². The summed E-state index contributed by atoms with van der Waals surface area (Å²) in [6.45, 7) is 6.57. The standard InChI is InChI=1S/C24H29N5O.HI/c1-18-7-9-20(10-8-18)23-28-22(17-30-23)15-27-24(25-2)26-12-14-29-13-11-19-5-3-4-6-21(19)16-29;/h3-10,17H,11-16H2,1-2H3,(H2,25,26,27);1H. The van der Waals surface area contributed by atoms with E-state index in [9.17, 15) is 0 Å². The SMILES string of the molecule is CN=C(NCCN1CCc2ccccc2C1)NCc1coc(-c2ccc(C)cc2)n1.I. The molecule has 2 N–H and O–H groups in total. The zero-order chi connectivity index (χ0) is 20.8. The number of aryl methyl sites for hydroxylation is 1. The van der Waals surface area contributed by atoms with Crippen LogP contribution in [0, 0.1) is 6.92 Å². The molecule has 7 heteroatoms. The molecule has 4 rings (SSSR count). The van der Waals surface area contributed by atoms with Gasteiger partial charge < -0.3 is 15.1 Å². The summed E-state index contributed by atoms with van der Waals surface area (Å²) in [5.41, 5.74) is 5.98. The summed E-state index contributed by atoms with van der Waals surface area (Å²) in [6.07, 6.45) is 2.82. The second-order valence-corrected chi connectivity index (χ2v) is 7.66. The van der Waals surface area contributed by atoms with Gasteiger partial charge in [0.15, 0.2) is 5.96 Å². The third kappa shape index (κ3) is 6.30. The number of halogens is 1. The van der Waals surface area contributed by atoms with Gasteiger partial charge in [0.2, 0.25) is 5.89 Å². The van der Waals surface area contributed by atoms with Crippen LogP contribution < -0.4 is 10.6 Å². The number of aliphatic imine (C=N–C) groups is 1. The Hall–Kier alpha value is -2.39. The van der Waals surface area contributed by atoms with E-state index >= 15 is 0 Å². The maximum Gasteiger partial charge on any atom is 0.226 e. The fourth-order valence-corrected chi connectivity index (χ4v) is 3.69. The Balaban J connectivity index is 0.00000272. The summed E-state index contributed by atoms with van der Waals surface area (Å²) < 4.78 is 5.63. The first-order valence-corrected chi connectivity index (χ1v) is 10.5. The molecular weight excluding hydrogens is 501 g/mol. The molecule has 31 heavy (non-hydrogen) atoms. The highest BCUT2D eigenvalue weighted by molar-refractivity contribution is 14.0. The Morgan fingerprint density at radius 3 is 2.65 bits per heavy atom. The Labute approximate surface area is 201 Å². The van der Waals surface area contributed by atoms with E-state index in [-0.39, 0.29) is 24.0 Å². The van der Waals surface area contributed by atoms with E-state index in [1.165, 1.54) is 16.7 Å². The summed E-state index contributed by atoms with van der Waals surface area (Å²) in [7, 11) is 1.78. The molecule has 0 radical (unpaired) electrons. The van der Waals surface area contributed by atoms with E-state index in [2.05, 4.69) is 68.8 Å². The molecule has 0 saturated carbocycles.